The molecule has 5 rings (SSSR count). The van der Waals surface area contributed by atoms with Gasteiger partial charge in [0.25, 0.3) is 5.91 Å². The summed E-state index contributed by atoms with van der Waals surface area (Å²) in [6.07, 6.45) is 5.56. The third kappa shape index (κ3) is 3.24. The molecule has 4 aromatic rings. The van der Waals surface area contributed by atoms with Crippen molar-refractivity contribution in [3.8, 4) is 0 Å². The maximum absolute atomic E-state index is 14.9. The number of hydrogen-bond donors (Lipinski definition) is 0. The minimum absolute atomic E-state index is 0.159. The first-order valence-electron chi connectivity index (χ1n) is 9.89. The van der Waals surface area contributed by atoms with Crippen LogP contribution in [0.25, 0.3) is 5.65 Å². The molecule has 0 bridgehead atoms. The number of nitrogens with zero attached hydrogens (tertiary/aromatic N) is 5. The molecule has 0 fully saturated rings. The van der Waals surface area contributed by atoms with Crippen molar-refractivity contribution in [2.24, 2.45) is 0 Å². The van der Waals surface area contributed by atoms with Gasteiger partial charge in [-0.15, -0.1) is 0 Å². The molecule has 5 heterocycles. The number of rotatable bonds is 4. The smallest absolute Gasteiger partial charge is 0.277 e. The Hall–Kier alpha value is -3.55. The number of carbonyl (C=O) groups is 1. The number of carbonyl (C=O) groups excluding carboxylic acids is 1. The zero-order chi connectivity index (χ0) is 20.7. The SMILES string of the molecule is Cc1cccc2nc(C(=O)N3CCc4oc(CCc5cccnc5)nc4C3)c(F)n12. The van der Waals surface area contributed by atoms with Gasteiger partial charge in [-0.1, -0.05) is 12.1 Å². The van der Waals surface area contributed by atoms with Crippen molar-refractivity contribution in [2.45, 2.75) is 32.7 Å². The first kappa shape index (κ1) is 18.5. The summed E-state index contributed by atoms with van der Waals surface area (Å²) in [7, 11) is 0. The van der Waals surface area contributed by atoms with Crippen LogP contribution in [0.1, 0.15) is 39.1 Å². The van der Waals surface area contributed by atoms with Crippen LogP contribution in [0.3, 0.4) is 0 Å². The fraction of sp³-hybridized carbons (Fsp3) is 0.273. The minimum Gasteiger partial charge on any atom is -0.445 e. The molecule has 4 aromatic heterocycles. The maximum atomic E-state index is 14.9. The van der Waals surface area contributed by atoms with Crippen molar-refractivity contribution < 1.29 is 13.6 Å². The van der Waals surface area contributed by atoms with E-state index in [-0.39, 0.29) is 12.2 Å². The predicted octanol–water partition coefficient (Wildman–Crippen LogP) is 3.15. The van der Waals surface area contributed by atoms with Crippen molar-refractivity contribution in [1.82, 2.24) is 24.3 Å². The molecule has 0 N–H and O–H groups in total. The summed E-state index contributed by atoms with van der Waals surface area (Å²) in [4.78, 5) is 27.5. The maximum Gasteiger partial charge on any atom is 0.277 e. The highest BCUT2D eigenvalue weighted by Gasteiger charge is 2.30. The number of aromatic nitrogens is 4. The number of aryl methyl sites for hydroxylation is 3. The van der Waals surface area contributed by atoms with E-state index in [1.807, 2.05) is 18.3 Å². The van der Waals surface area contributed by atoms with E-state index < -0.39 is 11.9 Å². The second kappa shape index (κ2) is 7.37. The fourth-order valence-corrected chi connectivity index (χ4v) is 3.83. The summed E-state index contributed by atoms with van der Waals surface area (Å²) >= 11 is 0. The zero-order valence-corrected chi connectivity index (χ0v) is 16.5. The predicted molar refractivity (Wildman–Crippen MR) is 106 cm³/mol. The Morgan fingerprint density at radius 3 is 2.90 bits per heavy atom. The Labute approximate surface area is 172 Å². The summed E-state index contributed by atoms with van der Waals surface area (Å²) in [6, 6.07) is 9.18. The molecule has 7 nitrogen and oxygen atoms in total. The third-order valence-corrected chi connectivity index (χ3v) is 5.39. The summed E-state index contributed by atoms with van der Waals surface area (Å²) < 4.78 is 22.1. The molecule has 0 radical (unpaired) electrons. The van der Waals surface area contributed by atoms with Crippen molar-refractivity contribution >= 4 is 11.6 Å². The lowest BCUT2D eigenvalue weighted by molar-refractivity contribution is 0.0717. The van der Waals surface area contributed by atoms with Gasteiger partial charge in [-0.3, -0.25) is 14.2 Å². The molecule has 0 saturated heterocycles. The van der Waals surface area contributed by atoms with E-state index in [0.29, 0.717) is 36.6 Å². The van der Waals surface area contributed by atoms with Gasteiger partial charge in [0, 0.05) is 37.5 Å². The summed E-state index contributed by atoms with van der Waals surface area (Å²) in [6.45, 7) is 2.51. The molecule has 0 aliphatic carbocycles. The van der Waals surface area contributed by atoms with Crippen LogP contribution in [0.15, 0.2) is 47.1 Å². The second-order valence-corrected chi connectivity index (χ2v) is 7.43. The Morgan fingerprint density at radius 1 is 1.20 bits per heavy atom. The third-order valence-electron chi connectivity index (χ3n) is 5.39. The van der Waals surface area contributed by atoms with Crippen molar-refractivity contribution in [3.63, 3.8) is 0 Å². The summed E-state index contributed by atoms with van der Waals surface area (Å²) in [5.41, 5.74) is 2.80. The molecule has 152 valence electrons. The van der Waals surface area contributed by atoms with Gasteiger partial charge in [0.1, 0.15) is 17.1 Å². The number of fused-ring (bicyclic) bond motifs is 2. The van der Waals surface area contributed by atoms with Crippen LogP contribution >= 0.6 is 0 Å². The monoisotopic (exact) mass is 405 g/mol. The van der Waals surface area contributed by atoms with Crippen LogP contribution in [0.4, 0.5) is 4.39 Å². The average Bonchev–Trinajstić information content (AvgIpc) is 3.33. The van der Waals surface area contributed by atoms with Gasteiger partial charge in [-0.2, -0.15) is 4.39 Å². The molecule has 1 aliphatic heterocycles. The lowest BCUT2D eigenvalue weighted by Crippen LogP contribution is -2.36. The van der Waals surface area contributed by atoms with Gasteiger partial charge >= 0.3 is 0 Å². The highest BCUT2D eigenvalue weighted by Crippen LogP contribution is 2.23. The van der Waals surface area contributed by atoms with Crippen molar-refractivity contribution in [2.75, 3.05) is 6.54 Å². The van der Waals surface area contributed by atoms with Crippen LogP contribution in [0.2, 0.25) is 0 Å². The van der Waals surface area contributed by atoms with E-state index in [4.69, 9.17) is 4.42 Å². The van der Waals surface area contributed by atoms with Crippen LogP contribution in [0.5, 0.6) is 0 Å². The van der Waals surface area contributed by atoms with Gasteiger partial charge < -0.3 is 9.32 Å². The standard InChI is InChI=1S/C22H20FN5O2/c1-14-4-2-6-18-26-20(21(23)28(14)18)22(29)27-11-9-17-16(13-27)25-19(30-17)8-7-15-5-3-10-24-12-15/h2-6,10,12H,7-9,11,13H2,1H3. The van der Waals surface area contributed by atoms with E-state index in [1.54, 1.807) is 36.2 Å². The molecule has 1 aliphatic rings. The molecule has 0 unspecified atom stereocenters. The van der Waals surface area contributed by atoms with E-state index in [2.05, 4.69) is 15.0 Å². The van der Waals surface area contributed by atoms with Gasteiger partial charge in [0.15, 0.2) is 11.6 Å². The van der Waals surface area contributed by atoms with Crippen LogP contribution in [0, 0.1) is 12.9 Å². The van der Waals surface area contributed by atoms with E-state index in [9.17, 15) is 9.18 Å². The second-order valence-electron chi connectivity index (χ2n) is 7.43. The molecule has 0 saturated carbocycles. The van der Waals surface area contributed by atoms with Gasteiger partial charge in [0.2, 0.25) is 5.95 Å². The average molecular weight is 405 g/mol. The van der Waals surface area contributed by atoms with Crippen molar-refractivity contribution in [3.05, 3.63) is 83.0 Å². The molecule has 30 heavy (non-hydrogen) atoms. The number of amides is 1. The first-order valence-corrected chi connectivity index (χ1v) is 9.89. The molecule has 1 amide bonds. The molecular formula is C22H20FN5O2. The van der Waals surface area contributed by atoms with Crippen LogP contribution in [-0.4, -0.2) is 36.7 Å². The number of hydrogen-bond acceptors (Lipinski definition) is 5. The highest BCUT2D eigenvalue weighted by atomic mass is 19.1. The largest absolute Gasteiger partial charge is 0.445 e. The Kier molecular flexibility index (Phi) is 4.54. The molecule has 8 heteroatoms. The quantitative estimate of drug-likeness (QED) is 0.521. The Bertz CT molecular complexity index is 1230. The fourth-order valence-electron chi connectivity index (χ4n) is 3.83. The molecular weight excluding hydrogens is 385 g/mol. The van der Waals surface area contributed by atoms with Gasteiger partial charge in [-0.25, -0.2) is 9.97 Å². The van der Waals surface area contributed by atoms with Crippen LogP contribution < -0.4 is 0 Å². The summed E-state index contributed by atoms with van der Waals surface area (Å²) in [5.74, 6) is 0.386. The molecule has 0 atom stereocenters. The number of pyridine rings is 2. The zero-order valence-electron chi connectivity index (χ0n) is 16.5. The number of imidazole rings is 1. The Morgan fingerprint density at radius 2 is 2.10 bits per heavy atom. The first-order chi connectivity index (χ1) is 14.6. The molecule has 0 spiro atoms. The summed E-state index contributed by atoms with van der Waals surface area (Å²) in [5, 5.41) is 0. The van der Waals surface area contributed by atoms with Gasteiger partial charge in [0.05, 0.1) is 6.54 Å². The lowest BCUT2D eigenvalue weighted by atomic mass is 10.1. The van der Waals surface area contributed by atoms with Crippen molar-refractivity contribution in [1.29, 1.82) is 0 Å². The lowest BCUT2D eigenvalue weighted by Gasteiger charge is -2.24. The van der Waals surface area contributed by atoms with E-state index in [0.717, 1.165) is 23.4 Å². The van der Waals surface area contributed by atoms with E-state index >= 15 is 0 Å². The van der Waals surface area contributed by atoms with E-state index in [1.165, 1.54) is 4.40 Å². The van der Waals surface area contributed by atoms with Crippen LogP contribution in [-0.2, 0) is 25.8 Å². The minimum atomic E-state index is -0.629. The number of halogens is 1. The molecule has 0 aromatic carbocycles. The normalized spacial score (nSPS) is 13.6. The Balaban J connectivity index is 1.33. The topological polar surface area (TPSA) is 76.5 Å². The highest BCUT2D eigenvalue weighted by molar-refractivity contribution is 5.93. The number of oxazole rings is 1. The van der Waals surface area contributed by atoms with Gasteiger partial charge in [-0.05, 0) is 37.1 Å².